The summed E-state index contributed by atoms with van der Waals surface area (Å²) < 4.78 is 5.36. The molecule has 3 saturated heterocycles. The first-order valence-electron chi connectivity index (χ1n) is 8.67. The van der Waals surface area contributed by atoms with Gasteiger partial charge in [0.2, 0.25) is 0 Å². The fourth-order valence-electron chi connectivity index (χ4n) is 4.55. The van der Waals surface area contributed by atoms with Crippen LogP contribution in [0.15, 0.2) is 43.1 Å². The van der Waals surface area contributed by atoms with Crippen molar-refractivity contribution in [1.29, 1.82) is 0 Å². The largest absolute Gasteiger partial charge is 0.497 e. The second-order valence-electron chi connectivity index (χ2n) is 7.00. The zero-order chi connectivity index (χ0) is 16.7. The van der Waals surface area contributed by atoms with Gasteiger partial charge in [-0.1, -0.05) is 6.08 Å². The molecule has 3 aliphatic heterocycles. The molecule has 0 amide bonds. The molecule has 1 unspecified atom stereocenters. The second kappa shape index (κ2) is 6.19. The van der Waals surface area contributed by atoms with E-state index in [2.05, 4.69) is 22.5 Å². The number of rotatable bonds is 4. The molecule has 5 atom stereocenters. The highest BCUT2D eigenvalue weighted by Gasteiger charge is 2.43. The first-order chi connectivity index (χ1) is 11.7. The Morgan fingerprint density at radius 2 is 2.25 bits per heavy atom. The van der Waals surface area contributed by atoms with Crippen molar-refractivity contribution in [2.45, 2.75) is 12.5 Å². The summed E-state index contributed by atoms with van der Waals surface area (Å²) in [4.78, 5) is 6.89. The van der Waals surface area contributed by atoms with Gasteiger partial charge in [0.25, 0.3) is 0 Å². The Hall–Kier alpha value is -1.91. The van der Waals surface area contributed by atoms with Crippen LogP contribution in [0.5, 0.6) is 5.75 Å². The third-order valence-electron chi connectivity index (χ3n) is 5.83. The highest BCUT2D eigenvalue weighted by atomic mass is 16.5. The summed E-state index contributed by atoms with van der Waals surface area (Å²) >= 11 is 0. The molecule has 0 saturated carbocycles. The van der Waals surface area contributed by atoms with Crippen LogP contribution >= 0.6 is 0 Å². The van der Waals surface area contributed by atoms with E-state index in [0.717, 1.165) is 48.3 Å². The van der Waals surface area contributed by atoms with Gasteiger partial charge in [-0.3, -0.25) is 4.98 Å². The van der Waals surface area contributed by atoms with Crippen LogP contribution in [0.2, 0.25) is 0 Å². The van der Waals surface area contributed by atoms with Crippen molar-refractivity contribution in [2.24, 2.45) is 17.8 Å². The quantitative estimate of drug-likeness (QED) is 0.878. The van der Waals surface area contributed by atoms with Crippen LogP contribution < -0.4 is 4.74 Å². The number of benzene rings is 1. The predicted octanol–water partition coefficient (Wildman–Crippen LogP) is 3.03. The maximum atomic E-state index is 11.2. The van der Waals surface area contributed by atoms with Crippen molar-refractivity contribution in [3.63, 3.8) is 0 Å². The predicted molar refractivity (Wildman–Crippen MR) is 95.0 cm³/mol. The molecule has 1 aromatic carbocycles. The molecule has 3 fully saturated rings. The van der Waals surface area contributed by atoms with Gasteiger partial charge >= 0.3 is 0 Å². The fraction of sp³-hybridized carbons (Fsp3) is 0.450. The van der Waals surface area contributed by atoms with Gasteiger partial charge in [-0.05, 0) is 54.6 Å². The Bertz CT molecular complexity index is 760. The maximum Gasteiger partial charge on any atom is 0.119 e. The van der Waals surface area contributed by atoms with Crippen LogP contribution in [-0.2, 0) is 0 Å². The number of nitrogens with zero attached hydrogens (tertiary/aromatic N) is 2. The van der Waals surface area contributed by atoms with E-state index in [1.807, 2.05) is 24.3 Å². The number of fused-ring (bicyclic) bond motifs is 4. The van der Waals surface area contributed by atoms with E-state index in [1.54, 1.807) is 13.3 Å². The summed E-state index contributed by atoms with van der Waals surface area (Å²) in [6.07, 6.45) is 4.52. The molecule has 5 rings (SSSR count). The summed E-state index contributed by atoms with van der Waals surface area (Å²) in [5.74, 6) is 2.03. The Morgan fingerprint density at radius 1 is 1.38 bits per heavy atom. The zero-order valence-corrected chi connectivity index (χ0v) is 14.1. The lowest BCUT2D eigenvalue weighted by Gasteiger charge is -2.50. The van der Waals surface area contributed by atoms with Gasteiger partial charge in [0.15, 0.2) is 0 Å². The third kappa shape index (κ3) is 2.50. The zero-order valence-electron chi connectivity index (χ0n) is 14.1. The molecule has 0 aliphatic carbocycles. The average molecular weight is 324 g/mol. The lowest BCUT2D eigenvalue weighted by molar-refractivity contribution is -0.0472. The SMILES string of the molecule is C=C[C@H]1CN2CC[C@H]1[C@@H]([C@@H](O)c1ccnc3ccc(OC)cc13)C2. The van der Waals surface area contributed by atoms with Crippen molar-refractivity contribution in [1.82, 2.24) is 9.88 Å². The molecule has 0 spiro atoms. The highest BCUT2D eigenvalue weighted by Crippen LogP contribution is 2.44. The first-order valence-corrected chi connectivity index (χ1v) is 8.67. The number of aliphatic hydroxyl groups excluding tert-OH is 1. The van der Waals surface area contributed by atoms with Crippen LogP contribution in [0.25, 0.3) is 10.9 Å². The Labute approximate surface area is 142 Å². The Kier molecular flexibility index (Phi) is 4.02. The van der Waals surface area contributed by atoms with Gasteiger partial charge < -0.3 is 14.7 Å². The number of hydrogen-bond donors (Lipinski definition) is 1. The van der Waals surface area contributed by atoms with Crippen molar-refractivity contribution >= 4 is 10.9 Å². The van der Waals surface area contributed by atoms with E-state index in [0.29, 0.717) is 11.8 Å². The minimum atomic E-state index is -0.488. The molecule has 1 aromatic heterocycles. The molecule has 4 nitrogen and oxygen atoms in total. The summed E-state index contributed by atoms with van der Waals surface area (Å²) in [5.41, 5.74) is 1.86. The number of piperidine rings is 3. The molecule has 2 aromatic rings. The van der Waals surface area contributed by atoms with Gasteiger partial charge in [0, 0.05) is 30.6 Å². The Balaban J connectivity index is 1.73. The van der Waals surface area contributed by atoms with Gasteiger partial charge in [-0.15, -0.1) is 6.58 Å². The van der Waals surface area contributed by atoms with Gasteiger partial charge in [0.1, 0.15) is 5.75 Å². The maximum absolute atomic E-state index is 11.2. The molecular formula is C20H24N2O2. The topological polar surface area (TPSA) is 45.6 Å². The summed E-state index contributed by atoms with van der Waals surface area (Å²) in [6.45, 7) is 7.20. The molecule has 126 valence electrons. The van der Waals surface area contributed by atoms with Crippen LogP contribution in [0.4, 0.5) is 0 Å². The van der Waals surface area contributed by atoms with Gasteiger partial charge in [0.05, 0.1) is 18.7 Å². The molecule has 24 heavy (non-hydrogen) atoms. The van der Waals surface area contributed by atoms with E-state index in [9.17, 15) is 5.11 Å². The number of hydrogen-bond acceptors (Lipinski definition) is 4. The third-order valence-corrected chi connectivity index (χ3v) is 5.83. The number of aliphatic hydroxyl groups is 1. The monoisotopic (exact) mass is 324 g/mol. The van der Waals surface area contributed by atoms with E-state index in [-0.39, 0.29) is 5.92 Å². The first kappa shape index (κ1) is 15.6. The fourth-order valence-corrected chi connectivity index (χ4v) is 4.55. The molecule has 2 bridgehead atoms. The normalized spacial score (nSPS) is 30.2. The molecule has 4 heteroatoms. The lowest BCUT2D eigenvalue weighted by atomic mass is 9.69. The second-order valence-corrected chi connectivity index (χ2v) is 7.00. The number of pyridine rings is 1. The smallest absolute Gasteiger partial charge is 0.119 e. The van der Waals surface area contributed by atoms with Crippen molar-refractivity contribution in [3.05, 3.63) is 48.7 Å². The number of methoxy groups -OCH3 is 1. The molecule has 0 radical (unpaired) electrons. The van der Waals surface area contributed by atoms with Crippen LogP contribution in [-0.4, -0.2) is 41.7 Å². The van der Waals surface area contributed by atoms with Crippen LogP contribution in [0, 0.1) is 17.8 Å². The van der Waals surface area contributed by atoms with E-state index in [1.165, 1.54) is 0 Å². The number of aromatic nitrogens is 1. The average Bonchev–Trinajstić information content (AvgIpc) is 2.66. The molecular weight excluding hydrogens is 300 g/mol. The molecule has 4 heterocycles. The minimum absolute atomic E-state index is 0.243. The molecule has 1 N–H and O–H groups in total. The summed E-state index contributed by atoms with van der Waals surface area (Å²) in [5, 5.41) is 12.2. The lowest BCUT2D eigenvalue weighted by Crippen LogP contribution is -2.53. The van der Waals surface area contributed by atoms with Crippen molar-refractivity contribution < 1.29 is 9.84 Å². The van der Waals surface area contributed by atoms with Crippen LogP contribution in [0.1, 0.15) is 18.1 Å². The molecule has 3 aliphatic rings. The van der Waals surface area contributed by atoms with Crippen LogP contribution in [0.3, 0.4) is 0 Å². The minimum Gasteiger partial charge on any atom is -0.497 e. The van der Waals surface area contributed by atoms with E-state index in [4.69, 9.17) is 4.74 Å². The Morgan fingerprint density at radius 3 is 3.00 bits per heavy atom. The van der Waals surface area contributed by atoms with Gasteiger partial charge in [-0.25, -0.2) is 0 Å². The highest BCUT2D eigenvalue weighted by molar-refractivity contribution is 5.83. The van der Waals surface area contributed by atoms with Crippen molar-refractivity contribution in [2.75, 3.05) is 26.7 Å². The summed E-state index contributed by atoms with van der Waals surface area (Å²) in [7, 11) is 1.66. The standard InChI is InChI=1S/C20H24N2O2/c1-3-13-11-22-9-7-15(13)18(12-22)20(23)16-6-8-21-19-5-4-14(24-2)10-17(16)19/h3-6,8,10,13,15,18,20,23H,1,7,9,11-12H2,2H3/t13-,15+,18-,20-/m0/s1. The van der Waals surface area contributed by atoms with Gasteiger partial charge in [-0.2, -0.15) is 0 Å². The number of ether oxygens (including phenoxy) is 1. The van der Waals surface area contributed by atoms with E-state index < -0.39 is 6.10 Å². The summed E-state index contributed by atoms with van der Waals surface area (Å²) in [6, 6.07) is 7.79. The van der Waals surface area contributed by atoms with Crippen molar-refractivity contribution in [3.8, 4) is 5.75 Å². The van der Waals surface area contributed by atoms with E-state index >= 15 is 0 Å².